The van der Waals surface area contributed by atoms with Crippen LogP contribution in [-0.2, 0) is 4.79 Å². The molecule has 1 heterocycles. The minimum atomic E-state index is -0.494. The van der Waals surface area contributed by atoms with Crippen LogP contribution >= 0.6 is 36.2 Å². The molecular weight excluding hydrogens is 429 g/mol. The molecule has 0 radical (unpaired) electrons. The largest absolute Gasteiger partial charge is 0.399 e. The van der Waals surface area contributed by atoms with E-state index in [-0.39, 0.29) is 24.8 Å². The monoisotopic (exact) mass is 457 g/mol. The van der Waals surface area contributed by atoms with E-state index in [4.69, 9.17) is 22.9 Å². The number of nitrogens with two attached hydrogens (primary N) is 4. The number of nitrogens with zero attached hydrogens (tertiary/aromatic N) is 1. The van der Waals surface area contributed by atoms with Crippen LogP contribution in [0.25, 0.3) is 20.8 Å². The van der Waals surface area contributed by atoms with Gasteiger partial charge in [0.2, 0.25) is 5.91 Å². The highest BCUT2D eigenvalue weighted by molar-refractivity contribution is 7.21. The van der Waals surface area contributed by atoms with Crippen LogP contribution in [-0.4, -0.2) is 23.5 Å². The van der Waals surface area contributed by atoms with Crippen LogP contribution in [0.2, 0.25) is 0 Å². The van der Waals surface area contributed by atoms with Crippen molar-refractivity contribution in [2.24, 2.45) is 17.2 Å². The van der Waals surface area contributed by atoms with E-state index in [1.54, 1.807) is 11.3 Å². The molecule has 0 fully saturated rings. The number of anilines is 1. The van der Waals surface area contributed by atoms with Crippen LogP contribution in [0.5, 0.6) is 0 Å². The number of hydrogen-bond donors (Lipinski definition) is 4. The van der Waals surface area contributed by atoms with E-state index < -0.39 is 11.9 Å². The molecule has 0 saturated heterocycles. The second kappa shape index (κ2) is 13.3. The summed E-state index contributed by atoms with van der Waals surface area (Å²) < 4.78 is 1.22. The molecule has 0 unspecified atom stereocenters. The first-order chi connectivity index (χ1) is 12.9. The van der Waals surface area contributed by atoms with E-state index in [1.807, 2.05) is 37.3 Å². The Balaban J connectivity index is 0.000000576. The van der Waals surface area contributed by atoms with Crippen molar-refractivity contribution < 1.29 is 4.79 Å². The molecule has 160 valence electrons. The fraction of sp³-hybridized carbons (Fsp3) is 0.300. The summed E-state index contributed by atoms with van der Waals surface area (Å²) in [4.78, 5) is 15.0. The number of benzene rings is 2. The second-order valence-corrected chi connectivity index (χ2v) is 7.38. The lowest BCUT2D eigenvalue weighted by Crippen LogP contribution is -2.36. The van der Waals surface area contributed by atoms with Crippen LogP contribution < -0.4 is 22.9 Å². The lowest BCUT2D eigenvalue weighted by molar-refractivity contribution is -0.119. The van der Waals surface area contributed by atoms with Crippen molar-refractivity contribution in [3.8, 4) is 10.6 Å². The molecule has 0 bridgehead atoms. The zero-order valence-corrected chi connectivity index (χ0v) is 18.8. The molecule has 9 heteroatoms. The number of fused-ring (bicyclic) bond motifs is 1. The number of carbonyl (C=O) groups excluding carboxylic acids is 1. The predicted octanol–water partition coefficient (Wildman–Crippen LogP) is 3.63. The number of thiazole rings is 1. The molecule has 0 spiro atoms. The molecular formula is C20H29Cl2N5OS. The van der Waals surface area contributed by atoms with Crippen LogP contribution in [0.15, 0.2) is 42.5 Å². The fourth-order valence-corrected chi connectivity index (χ4v) is 3.42. The summed E-state index contributed by atoms with van der Waals surface area (Å²) in [6, 6.07) is 13.8. The molecule has 3 rings (SSSR count). The standard InChI is InChI=1S/C14H12N2S.C6H15N3O.2ClH/c1-9-8-10(6-7-11(9)15)14-16-12-4-2-3-5-13(12)17-14;7-4-2-1-3-5(8)6(9)10;;/h2-8H,15H2,1H3;5H,1-4,7-8H2,(H2,9,10);2*1H/t;5-;;/m.0../s1. The van der Waals surface area contributed by atoms with Gasteiger partial charge in [0.25, 0.3) is 0 Å². The number of aryl methyl sites for hydroxylation is 1. The fourth-order valence-electron chi connectivity index (χ4n) is 2.46. The summed E-state index contributed by atoms with van der Waals surface area (Å²) in [6.07, 6.45) is 2.42. The Labute approximate surface area is 187 Å². The summed E-state index contributed by atoms with van der Waals surface area (Å²) in [5, 5.41) is 1.05. The van der Waals surface area contributed by atoms with Gasteiger partial charge in [-0.1, -0.05) is 18.6 Å². The number of amides is 1. The van der Waals surface area contributed by atoms with E-state index >= 15 is 0 Å². The maximum atomic E-state index is 10.4. The third-order valence-corrected chi connectivity index (χ3v) is 5.23. The van der Waals surface area contributed by atoms with E-state index in [2.05, 4.69) is 17.1 Å². The van der Waals surface area contributed by atoms with Gasteiger partial charge in [0.05, 0.1) is 16.3 Å². The van der Waals surface area contributed by atoms with E-state index in [0.29, 0.717) is 13.0 Å². The Morgan fingerprint density at radius 1 is 1.14 bits per heavy atom. The molecule has 8 N–H and O–H groups in total. The van der Waals surface area contributed by atoms with Gasteiger partial charge in [-0.3, -0.25) is 4.79 Å². The summed E-state index contributed by atoms with van der Waals surface area (Å²) in [7, 11) is 0. The van der Waals surface area contributed by atoms with Crippen molar-refractivity contribution in [2.75, 3.05) is 12.3 Å². The van der Waals surface area contributed by atoms with E-state index in [9.17, 15) is 4.79 Å². The highest BCUT2D eigenvalue weighted by atomic mass is 35.5. The van der Waals surface area contributed by atoms with Crippen LogP contribution in [0, 0.1) is 6.92 Å². The molecule has 0 saturated carbocycles. The molecule has 1 amide bonds. The van der Waals surface area contributed by atoms with Gasteiger partial charge in [-0.15, -0.1) is 36.2 Å². The minimum Gasteiger partial charge on any atom is -0.399 e. The smallest absolute Gasteiger partial charge is 0.234 e. The number of primary amides is 1. The molecule has 0 aliphatic heterocycles. The van der Waals surface area contributed by atoms with Gasteiger partial charge >= 0.3 is 0 Å². The average Bonchev–Trinajstić information content (AvgIpc) is 3.08. The number of carbonyl (C=O) groups is 1. The maximum absolute atomic E-state index is 10.4. The first-order valence-corrected chi connectivity index (χ1v) is 9.71. The van der Waals surface area contributed by atoms with E-state index in [1.165, 1.54) is 4.70 Å². The molecule has 0 aliphatic rings. The topological polar surface area (TPSA) is 134 Å². The van der Waals surface area contributed by atoms with Gasteiger partial charge in [0.15, 0.2) is 0 Å². The van der Waals surface area contributed by atoms with Crippen LogP contribution in [0.4, 0.5) is 5.69 Å². The number of aromatic nitrogens is 1. The van der Waals surface area contributed by atoms with Gasteiger partial charge in [0, 0.05) is 11.3 Å². The molecule has 29 heavy (non-hydrogen) atoms. The van der Waals surface area contributed by atoms with Gasteiger partial charge in [-0.25, -0.2) is 4.98 Å². The van der Waals surface area contributed by atoms with Crippen molar-refractivity contribution >= 4 is 58.0 Å². The van der Waals surface area contributed by atoms with Crippen molar-refractivity contribution in [3.05, 3.63) is 48.0 Å². The second-order valence-electron chi connectivity index (χ2n) is 6.35. The number of para-hydroxylation sites is 1. The SMILES string of the molecule is Cc1cc(-c2nc3ccccc3s2)ccc1N.Cl.Cl.NCCCC[C@H](N)C(N)=O. The average molecular weight is 458 g/mol. The summed E-state index contributed by atoms with van der Waals surface area (Å²) >= 11 is 1.71. The van der Waals surface area contributed by atoms with Gasteiger partial charge in [-0.2, -0.15) is 0 Å². The number of rotatable bonds is 6. The number of hydrogen-bond acceptors (Lipinski definition) is 6. The van der Waals surface area contributed by atoms with Crippen molar-refractivity contribution in [2.45, 2.75) is 32.2 Å². The lowest BCUT2D eigenvalue weighted by atomic mass is 10.1. The number of nitrogen functional groups attached to an aromatic ring is 1. The lowest BCUT2D eigenvalue weighted by Gasteiger charge is -2.04. The van der Waals surface area contributed by atoms with Gasteiger partial charge in [-0.05, 0) is 62.2 Å². The molecule has 1 atom stereocenters. The van der Waals surface area contributed by atoms with Crippen molar-refractivity contribution in [1.82, 2.24) is 4.98 Å². The third kappa shape index (κ3) is 8.16. The normalized spacial score (nSPS) is 10.9. The molecule has 2 aromatic carbocycles. The predicted molar refractivity (Wildman–Crippen MR) is 129 cm³/mol. The zero-order chi connectivity index (χ0) is 19.8. The first kappa shape index (κ1) is 27.1. The Bertz CT molecular complexity index is 870. The Hall–Kier alpha value is -1.90. The molecule has 3 aromatic rings. The number of unbranched alkanes of at least 4 members (excludes halogenated alkanes) is 1. The zero-order valence-electron chi connectivity index (χ0n) is 16.3. The molecule has 0 aliphatic carbocycles. The van der Waals surface area contributed by atoms with Gasteiger partial charge < -0.3 is 22.9 Å². The van der Waals surface area contributed by atoms with E-state index in [0.717, 1.165) is 40.2 Å². The quantitative estimate of drug-likeness (QED) is 0.331. The number of halogens is 2. The van der Waals surface area contributed by atoms with Crippen molar-refractivity contribution in [3.63, 3.8) is 0 Å². The maximum Gasteiger partial charge on any atom is 0.234 e. The minimum absolute atomic E-state index is 0. The van der Waals surface area contributed by atoms with Crippen molar-refractivity contribution in [1.29, 1.82) is 0 Å². The van der Waals surface area contributed by atoms with Crippen LogP contribution in [0.3, 0.4) is 0 Å². The Kier molecular flexibility index (Phi) is 12.5. The third-order valence-electron chi connectivity index (χ3n) is 4.15. The van der Waals surface area contributed by atoms with Crippen LogP contribution in [0.1, 0.15) is 24.8 Å². The Morgan fingerprint density at radius 2 is 1.83 bits per heavy atom. The Morgan fingerprint density at radius 3 is 2.41 bits per heavy atom. The first-order valence-electron chi connectivity index (χ1n) is 8.89. The highest BCUT2D eigenvalue weighted by Gasteiger charge is 2.07. The summed E-state index contributed by atoms with van der Waals surface area (Å²) in [5.41, 5.74) is 25.4. The summed E-state index contributed by atoms with van der Waals surface area (Å²) in [5.74, 6) is -0.433. The molecule has 6 nitrogen and oxygen atoms in total. The summed E-state index contributed by atoms with van der Waals surface area (Å²) in [6.45, 7) is 2.66. The highest BCUT2D eigenvalue weighted by Crippen LogP contribution is 2.31. The van der Waals surface area contributed by atoms with Gasteiger partial charge in [0.1, 0.15) is 5.01 Å². The molecule has 1 aromatic heterocycles.